The van der Waals surface area contributed by atoms with Crippen molar-refractivity contribution in [3.8, 4) is 0 Å². The fraction of sp³-hybridized carbons (Fsp3) is 0.923. The zero-order valence-corrected chi connectivity index (χ0v) is 11.3. The number of hydrogen-bond acceptors (Lipinski definition) is 2. The van der Waals surface area contributed by atoms with Gasteiger partial charge in [0.15, 0.2) is 0 Å². The first-order valence-electron chi connectivity index (χ1n) is 6.33. The molecule has 1 aliphatic heterocycles. The van der Waals surface area contributed by atoms with Crippen LogP contribution < -0.4 is 10.6 Å². The van der Waals surface area contributed by atoms with Crippen molar-refractivity contribution in [1.29, 1.82) is 0 Å². The molecule has 3 nitrogen and oxygen atoms in total. The number of nitrogens with one attached hydrogen (secondary N) is 2. The molecular formula is C13H26N2O. The Morgan fingerprint density at radius 1 is 1.44 bits per heavy atom. The van der Waals surface area contributed by atoms with Crippen LogP contribution in [-0.4, -0.2) is 25.5 Å². The van der Waals surface area contributed by atoms with E-state index < -0.39 is 0 Å². The molecule has 0 aromatic carbocycles. The maximum absolute atomic E-state index is 12.0. The minimum Gasteiger partial charge on any atom is -0.355 e. The molecule has 1 fully saturated rings. The van der Waals surface area contributed by atoms with Gasteiger partial charge in [0.05, 0.1) is 5.92 Å². The molecule has 0 aliphatic carbocycles. The van der Waals surface area contributed by atoms with E-state index in [0.29, 0.717) is 11.8 Å². The van der Waals surface area contributed by atoms with E-state index in [9.17, 15) is 4.79 Å². The van der Waals surface area contributed by atoms with Crippen molar-refractivity contribution in [2.75, 3.05) is 19.6 Å². The average Bonchev–Trinajstić information content (AvgIpc) is 2.61. The molecule has 2 atom stereocenters. The third kappa shape index (κ3) is 3.21. The SMILES string of the molecule is CC1CNCC1C(=O)NCC(C)(C)C(C)C. The van der Waals surface area contributed by atoms with Crippen molar-refractivity contribution in [2.45, 2.75) is 34.6 Å². The molecule has 2 N–H and O–H groups in total. The van der Waals surface area contributed by atoms with E-state index in [0.717, 1.165) is 19.6 Å². The maximum atomic E-state index is 12.0. The predicted molar refractivity (Wildman–Crippen MR) is 67.2 cm³/mol. The van der Waals surface area contributed by atoms with E-state index in [4.69, 9.17) is 0 Å². The summed E-state index contributed by atoms with van der Waals surface area (Å²) < 4.78 is 0. The van der Waals surface area contributed by atoms with E-state index in [-0.39, 0.29) is 17.2 Å². The van der Waals surface area contributed by atoms with Gasteiger partial charge in [0.25, 0.3) is 0 Å². The highest BCUT2D eigenvalue weighted by Crippen LogP contribution is 2.25. The van der Waals surface area contributed by atoms with Crippen LogP contribution in [0.5, 0.6) is 0 Å². The van der Waals surface area contributed by atoms with Crippen molar-refractivity contribution in [2.24, 2.45) is 23.2 Å². The fourth-order valence-corrected chi connectivity index (χ4v) is 1.81. The Hall–Kier alpha value is -0.570. The lowest BCUT2D eigenvalue weighted by Gasteiger charge is -2.30. The topological polar surface area (TPSA) is 41.1 Å². The lowest BCUT2D eigenvalue weighted by molar-refractivity contribution is -0.125. The molecular weight excluding hydrogens is 200 g/mol. The van der Waals surface area contributed by atoms with Gasteiger partial charge in [-0.05, 0) is 23.8 Å². The van der Waals surface area contributed by atoms with Gasteiger partial charge in [-0.15, -0.1) is 0 Å². The molecule has 16 heavy (non-hydrogen) atoms. The Balaban J connectivity index is 2.41. The average molecular weight is 226 g/mol. The molecule has 1 heterocycles. The second kappa shape index (κ2) is 5.17. The van der Waals surface area contributed by atoms with Crippen molar-refractivity contribution >= 4 is 5.91 Å². The molecule has 0 spiro atoms. The minimum absolute atomic E-state index is 0.156. The highest BCUT2D eigenvalue weighted by atomic mass is 16.1. The van der Waals surface area contributed by atoms with Crippen LogP contribution in [0.3, 0.4) is 0 Å². The van der Waals surface area contributed by atoms with Crippen LogP contribution in [0.1, 0.15) is 34.6 Å². The normalized spacial score (nSPS) is 26.1. The van der Waals surface area contributed by atoms with Crippen molar-refractivity contribution in [1.82, 2.24) is 10.6 Å². The molecule has 3 heteroatoms. The highest BCUT2D eigenvalue weighted by Gasteiger charge is 2.31. The van der Waals surface area contributed by atoms with Gasteiger partial charge in [-0.1, -0.05) is 34.6 Å². The summed E-state index contributed by atoms with van der Waals surface area (Å²) in [7, 11) is 0. The molecule has 0 radical (unpaired) electrons. The van der Waals surface area contributed by atoms with Gasteiger partial charge in [0.2, 0.25) is 5.91 Å². The van der Waals surface area contributed by atoms with Crippen LogP contribution in [-0.2, 0) is 4.79 Å². The van der Waals surface area contributed by atoms with E-state index in [1.54, 1.807) is 0 Å². The molecule has 94 valence electrons. The standard InChI is InChI=1S/C13H26N2O/c1-9(2)13(4,5)8-15-12(16)11-7-14-6-10(11)3/h9-11,14H,6-8H2,1-5H3,(H,15,16). The fourth-order valence-electron chi connectivity index (χ4n) is 1.81. The van der Waals surface area contributed by atoms with Crippen LogP contribution in [0, 0.1) is 23.2 Å². The third-order valence-electron chi connectivity index (χ3n) is 4.14. The van der Waals surface area contributed by atoms with Crippen LogP contribution in [0.25, 0.3) is 0 Å². The van der Waals surface area contributed by atoms with Gasteiger partial charge in [0.1, 0.15) is 0 Å². The summed E-state index contributed by atoms with van der Waals surface area (Å²) in [6.07, 6.45) is 0. The van der Waals surface area contributed by atoms with Crippen LogP contribution in [0.2, 0.25) is 0 Å². The predicted octanol–water partition coefficient (Wildman–Crippen LogP) is 1.64. The molecule has 1 amide bonds. The monoisotopic (exact) mass is 226 g/mol. The maximum Gasteiger partial charge on any atom is 0.224 e. The number of carbonyl (C=O) groups is 1. The zero-order valence-electron chi connectivity index (χ0n) is 11.3. The van der Waals surface area contributed by atoms with Crippen molar-refractivity contribution in [3.63, 3.8) is 0 Å². The van der Waals surface area contributed by atoms with Crippen LogP contribution in [0.4, 0.5) is 0 Å². The van der Waals surface area contributed by atoms with E-state index in [2.05, 4.69) is 45.3 Å². The Labute approximate surface area is 99.4 Å². The first kappa shape index (κ1) is 13.5. The van der Waals surface area contributed by atoms with Gasteiger partial charge >= 0.3 is 0 Å². The summed E-state index contributed by atoms with van der Waals surface area (Å²) in [5.74, 6) is 1.41. The van der Waals surface area contributed by atoms with E-state index in [1.807, 2.05) is 0 Å². The number of carbonyl (C=O) groups excluding carboxylic acids is 1. The Bertz CT molecular complexity index is 248. The summed E-state index contributed by atoms with van der Waals surface area (Å²) in [6.45, 7) is 13.5. The summed E-state index contributed by atoms with van der Waals surface area (Å²) in [5, 5.41) is 6.36. The quantitative estimate of drug-likeness (QED) is 0.765. The van der Waals surface area contributed by atoms with Crippen LogP contribution >= 0.6 is 0 Å². The molecule has 1 aliphatic rings. The molecule has 0 aromatic rings. The van der Waals surface area contributed by atoms with Crippen molar-refractivity contribution in [3.05, 3.63) is 0 Å². The van der Waals surface area contributed by atoms with Crippen LogP contribution in [0.15, 0.2) is 0 Å². The first-order chi connectivity index (χ1) is 7.34. The second-order valence-corrected chi connectivity index (χ2v) is 6.10. The number of rotatable bonds is 4. The second-order valence-electron chi connectivity index (χ2n) is 6.10. The summed E-state index contributed by atoms with van der Waals surface area (Å²) in [5.41, 5.74) is 0.172. The number of amides is 1. The largest absolute Gasteiger partial charge is 0.355 e. The zero-order chi connectivity index (χ0) is 12.3. The molecule has 0 bridgehead atoms. The molecule has 1 saturated heterocycles. The summed E-state index contributed by atoms with van der Waals surface area (Å²) >= 11 is 0. The van der Waals surface area contributed by atoms with E-state index in [1.165, 1.54) is 0 Å². The molecule has 0 saturated carbocycles. The van der Waals surface area contributed by atoms with E-state index >= 15 is 0 Å². The Kier molecular flexibility index (Phi) is 4.36. The van der Waals surface area contributed by atoms with Crippen molar-refractivity contribution < 1.29 is 4.79 Å². The smallest absolute Gasteiger partial charge is 0.224 e. The summed E-state index contributed by atoms with van der Waals surface area (Å²) in [4.78, 5) is 12.0. The highest BCUT2D eigenvalue weighted by molar-refractivity contribution is 5.79. The lowest BCUT2D eigenvalue weighted by Crippen LogP contribution is -2.41. The first-order valence-corrected chi connectivity index (χ1v) is 6.33. The van der Waals surface area contributed by atoms with Gasteiger partial charge in [-0.25, -0.2) is 0 Å². The van der Waals surface area contributed by atoms with Gasteiger partial charge < -0.3 is 10.6 Å². The van der Waals surface area contributed by atoms with Gasteiger partial charge in [-0.2, -0.15) is 0 Å². The number of hydrogen-bond donors (Lipinski definition) is 2. The molecule has 1 rings (SSSR count). The summed E-state index contributed by atoms with van der Waals surface area (Å²) in [6, 6.07) is 0. The molecule has 0 aromatic heterocycles. The minimum atomic E-state index is 0.156. The Morgan fingerprint density at radius 3 is 2.50 bits per heavy atom. The van der Waals surface area contributed by atoms with Gasteiger partial charge in [-0.3, -0.25) is 4.79 Å². The Morgan fingerprint density at radius 2 is 2.06 bits per heavy atom. The lowest BCUT2D eigenvalue weighted by atomic mass is 9.81. The third-order valence-corrected chi connectivity index (χ3v) is 4.14. The molecule has 2 unspecified atom stereocenters. The van der Waals surface area contributed by atoms with Gasteiger partial charge in [0, 0.05) is 13.1 Å².